The Hall–Kier alpha value is -1.68. The molecule has 1 aliphatic rings. The van der Waals surface area contributed by atoms with Crippen LogP contribution in [0.1, 0.15) is 43.7 Å². The van der Waals surface area contributed by atoms with Gasteiger partial charge in [0.25, 0.3) is 0 Å². The smallest absolute Gasteiger partial charge is 0.222 e. The van der Waals surface area contributed by atoms with Gasteiger partial charge in [-0.2, -0.15) is 0 Å². The number of carbonyl (C=O) groups excluding carboxylic acids is 2. The Morgan fingerprint density at radius 2 is 2.00 bits per heavy atom. The molecule has 138 valence electrons. The van der Waals surface area contributed by atoms with Gasteiger partial charge in [0.15, 0.2) is 0 Å². The summed E-state index contributed by atoms with van der Waals surface area (Å²) in [6, 6.07) is 8.60. The van der Waals surface area contributed by atoms with Crippen LogP contribution in [0.5, 0.6) is 0 Å². The standard InChI is InChI=1S/C21H32N2O2/c1-17-7-4-5-9-20(17)12-14-23-13-6-8-19(16-23)15-22(3)21(25)11-10-18(2)24/h4-5,7,9,19H,6,8,10-16H2,1-3H3/t19-/m0/s1. The molecule has 4 heteroatoms. The first-order valence-electron chi connectivity index (χ1n) is 9.46. The number of amides is 1. The first-order chi connectivity index (χ1) is 12.0. The van der Waals surface area contributed by atoms with Crippen LogP contribution in [-0.2, 0) is 16.0 Å². The number of hydrogen-bond donors (Lipinski definition) is 0. The number of nitrogens with zero attached hydrogens (tertiary/aromatic N) is 2. The van der Waals surface area contributed by atoms with Gasteiger partial charge in [-0.25, -0.2) is 0 Å². The Labute approximate surface area is 152 Å². The number of rotatable bonds is 8. The molecule has 1 aromatic carbocycles. The zero-order chi connectivity index (χ0) is 18.2. The van der Waals surface area contributed by atoms with Crippen molar-refractivity contribution in [3.63, 3.8) is 0 Å². The van der Waals surface area contributed by atoms with Crippen LogP contribution in [0.3, 0.4) is 0 Å². The Morgan fingerprint density at radius 3 is 2.72 bits per heavy atom. The van der Waals surface area contributed by atoms with Crippen molar-refractivity contribution in [2.24, 2.45) is 5.92 Å². The Bertz CT molecular complexity index is 585. The minimum atomic E-state index is 0.0850. The molecule has 25 heavy (non-hydrogen) atoms. The number of likely N-dealkylation sites (tertiary alicyclic amines) is 1. The van der Waals surface area contributed by atoms with E-state index in [1.807, 2.05) is 11.9 Å². The molecule has 2 rings (SSSR count). The van der Waals surface area contributed by atoms with Gasteiger partial charge in [-0.15, -0.1) is 0 Å². The van der Waals surface area contributed by atoms with E-state index in [0.29, 0.717) is 18.8 Å². The Balaban J connectivity index is 1.77. The first-order valence-corrected chi connectivity index (χ1v) is 9.46. The van der Waals surface area contributed by atoms with Crippen molar-refractivity contribution in [2.45, 2.75) is 46.0 Å². The van der Waals surface area contributed by atoms with Gasteiger partial charge in [0.05, 0.1) is 0 Å². The van der Waals surface area contributed by atoms with Gasteiger partial charge in [0.1, 0.15) is 5.78 Å². The van der Waals surface area contributed by atoms with Crippen molar-refractivity contribution in [3.8, 4) is 0 Å². The maximum absolute atomic E-state index is 12.1. The fourth-order valence-electron chi connectivity index (χ4n) is 3.64. The maximum Gasteiger partial charge on any atom is 0.222 e. The average molecular weight is 344 g/mol. The average Bonchev–Trinajstić information content (AvgIpc) is 2.59. The number of ketones is 1. The summed E-state index contributed by atoms with van der Waals surface area (Å²) >= 11 is 0. The first kappa shape index (κ1) is 19.6. The highest BCUT2D eigenvalue weighted by Gasteiger charge is 2.22. The van der Waals surface area contributed by atoms with Crippen LogP contribution in [-0.4, -0.2) is 54.7 Å². The van der Waals surface area contributed by atoms with Gasteiger partial charge >= 0.3 is 0 Å². The van der Waals surface area contributed by atoms with Crippen molar-refractivity contribution in [3.05, 3.63) is 35.4 Å². The van der Waals surface area contributed by atoms with E-state index in [4.69, 9.17) is 0 Å². The van der Waals surface area contributed by atoms with Gasteiger partial charge in [-0.1, -0.05) is 24.3 Å². The zero-order valence-corrected chi connectivity index (χ0v) is 16.0. The predicted molar refractivity (Wildman–Crippen MR) is 102 cm³/mol. The normalized spacial score (nSPS) is 18.1. The SMILES string of the molecule is CC(=O)CCC(=O)N(C)C[C@@H]1CCCN(CCc2ccccc2C)C1. The molecule has 1 aliphatic heterocycles. The predicted octanol–water partition coefficient (Wildman–Crippen LogP) is 3.08. The number of Topliss-reactive ketones (excluding diaryl/α,β-unsaturated/α-hetero) is 1. The van der Waals surface area contributed by atoms with Gasteiger partial charge in [-0.3, -0.25) is 4.79 Å². The van der Waals surface area contributed by atoms with E-state index in [2.05, 4.69) is 36.1 Å². The van der Waals surface area contributed by atoms with E-state index in [9.17, 15) is 9.59 Å². The summed E-state index contributed by atoms with van der Waals surface area (Å²) in [6.07, 6.45) is 4.18. The van der Waals surface area contributed by atoms with Crippen molar-refractivity contribution in [2.75, 3.05) is 33.2 Å². The number of aryl methyl sites for hydroxylation is 1. The van der Waals surface area contributed by atoms with E-state index >= 15 is 0 Å². The molecule has 0 saturated carbocycles. The lowest BCUT2D eigenvalue weighted by molar-refractivity contribution is -0.132. The summed E-state index contributed by atoms with van der Waals surface area (Å²) in [5.41, 5.74) is 2.80. The van der Waals surface area contributed by atoms with Crippen LogP contribution in [0.2, 0.25) is 0 Å². The molecule has 1 atom stereocenters. The van der Waals surface area contributed by atoms with Crippen molar-refractivity contribution in [1.82, 2.24) is 9.80 Å². The summed E-state index contributed by atoms with van der Waals surface area (Å²) in [5.74, 6) is 0.714. The molecule has 1 aromatic rings. The molecule has 0 unspecified atom stereocenters. The molecule has 0 bridgehead atoms. The second kappa shape index (κ2) is 9.71. The second-order valence-electron chi connectivity index (χ2n) is 7.46. The summed E-state index contributed by atoms with van der Waals surface area (Å²) < 4.78 is 0. The third-order valence-electron chi connectivity index (χ3n) is 5.21. The van der Waals surface area contributed by atoms with Crippen molar-refractivity contribution < 1.29 is 9.59 Å². The van der Waals surface area contributed by atoms with Crippen LogP contribution < -0.4 is 0 Å². The number of piperidine rings is 1. The Kier molecular flexibility index (Phi) is 7.63. The lowest BCUT2D eigenvalue weighted by atomic mass is 9.96. The summed E-state index contributed by atoms with van der Waals surface area (Å²) in [7, 11) is 1.87. The summed E-state index contributed by atoms with van der Waals surface area (Å²) in [4.78, 5) is 27.5. The molecule has 1 fully saturated rings. The molecule has 0 radical (unpaired) electrons. The highest BCUT2D eigenvalue weighted by atomic mass is 16.2. The van der Waals surface area contributed by atoms with Gasteiger partial charge < -0.3 is 14.6 Å². The molecule has 0 aliphatic carbocycles. The molecule has 1 amide bonds. The number of hydrogen-bond acceptors (Lipinski definition) is 3. The van der Waals surface area contributed by atoms with Gasteiger partial charge in [-0.05, 0) is 56.7 Å². The van der Waals surface area contributed by atoms with Crippen LogP contribution >= 0.6 is 0 Å². The lowest BCUT2D eigenvalue weighted by Gasteiger charge is -2.35. The maximum atomic E-state index is 12.1. The Morgan fingerprint density at radius 1 is 1.24 bits per heavy atom. The lowest BCUT2D eigenvalue weighted by Crippen LogP contribution is -2.42. The van der Waals surface area contributed by atoms with Crippen molar-refractivity contribution >= 4 is 11.7 Å². The number of carbonyl (C=O) groups is 2. The zero-order valence-electron chi connectivity index (χ0n) is 16.0. The fraction of sp³-hybridized carbons (Fsp3) is 0.619. The number of benzene rings is 1. The largest absolute Gasteiger partial charge is 0.345 e. The van der Waals surface area contributed by atoms with Crippen LogP contribution in [0.15, 0.2) is 24.3 Å². The van der Waals surface area contributed by atoms with Crippen LogP contribution in [0.4, 0.5) is 0 Å². The molecular weight excluding hydrogens is 312 g/mol. The molecule has 0 spiro atoms. The minimum absolute atomic E-state index is 0.0850. The quantitative estimate of drug-likeness (QED) is 0.728. The van der Waals surface area contributed by atoms with E-state index in [1.54, 1.807) is 6.92 Å². The molecule has 4 nitrogen and oxygen atoms in total. The van der Waals surface area contributed by atoms with Crippen molar-refractivity contribution in [1.29, 1.82) is 0 Å². The van der Waals surface area contributed by atoms with E-state index in [-0.39, 0.29) is 11.7 Å². The molecule has 1 heterocycles. The van der Waals surface area contributed by atoms with E-state index < -0.39 is 0 Å². The molecule has 0 aromatic heterocycles. The molecule has 1 saturated heterocycles. The van der Waals surface area contributed by atoms with Crippen LogP contribution in [0.25, 0.3) is 0 Å². The third-order valence-corrected chi connectivity index (χ3v) is 5.21. The van der Waals surface area contributed by atoms with Crippen LogP contribution in [0, 0.1) is 12.8 Å². The highest BCUT2D eigenvalue weighted by molar-refractivity contribution is 5.83. The van der Waals surface area contributed by atoms with Gasteiger partial charge in [0, 0.05) is 39.5 Å². The monoisotopic (exact) mass is 344 g/mol. The summed E-state index contributed by atoms with van der Waals surface area (Å²) in [6.45, 7) is 7.83. The summed E-state index contributed by atoms with van der Waals surface area (Å²) in [5, 5.41) is 0. The third kappa shape index (κ3) is 6.62. The van der Waals surface area contributed by atoms with E-state index in [0.717, 1.165) is 32.6 Å². The molecular formula is C21H32N2O2. The topological polar surface area (TPSA) is 40.6 Å². The highest BCUT2D eigenvalue weighted by Crippen LogP contribution is 2.19. The minimum Gasteiger partial charge on any atom is -0.345 e. The fourth-order valence-corrected chi connectivity index (χ4v) is 3.64. The second-order valence-corrected chi connectivity index (χ2v) is 7.46. The van der Waals surface area contributed by atoms with Gasteiger partial charge in [0.2, 0.25) is 5.91 Å². The van der Waals surface area contributed by atoms with E-state index in [1.165, 1.54) is 24.0 Å². The molecule has 0 N–H and O–H groups in total.